The molecule has 4 aromatic rings. The predicted molar refractivity (Wildman–Crippen MR) is 153 cm³/mol. The van der Waals surface area contributed by atoms with Crippen LogP contribution in [0.25, 0.3) is 33.0 Å². The molecule has 2 aromatic carbocycles. The smallest absolute Gasteiger partial charge is 0.311 e. The largest absolute Gasteiger partial charge is 0.423 e. The number of anilines is 2. The van der Waals surface area contributed by atoms with Gasteiger partial charge >= 0.3 is 5.56 Å². The highest BCUT2D eigenvalue weighted by atomic mass is 19.1. The molecule has 41 heavy (non-hydrogen) atoms. The monoisotopic (exact) mass is 563 g/mol. The Kier molecular flexibility index (Phi) is 6.76. The zero-order valence-electron chi connectivity index (χ0n) is 23.0. The Morgan fingerprint density at radius 1 is 1.15 bits per heavy atom. The maximum atomic E-state index is 14.4. The average molecular weight is 564 g/mol. The van der Waals surface area contributed by atoms with E-state index >= 15 is 0 Å². The molecule has 2 unspecified atom stereocenters. The van der Waals surface area contributed by atoms with E-state index in [-0.39, 0.29) is 28.7 Å². The summed E-state index contributed by atoms with van der Waals surface area (Å²) in [6.45, 7) is 4.42. The summed E-state index contributed by atoms with van der Waals surface area (Å²) < 4.78 is 25.3. The number of nitrogens with zero attached hydrogens (tertiary/aromatic N) is 5. The minimum absolute atomic E-state index is 0.0575. The van der Waals surface area contributed by atoms with Crippen LogP contribution in [0.4, 0.5) is 16.2 Å². The third kappa shape index (κ3) is 4.79. The predicted octanol–water partition coefficient (Wildman–Crippen LogP) is 2.41. The third-order valence-electron chi connectivity index (χ3n) is 8.66. The molecule has 0 spiro atoms. The van der Waals surface area contributed by atoms with Gasteiger partial charge in [-0.3, -0.25) is 9.69 Å². The van der Waals surface area contributed by atoms with Crippen molar-refractivity contribution >= 4 is 33.7 Å². The number of halogens is 1. The molecule has 0 saturated carbocycles. The lowest BCUT2D eigenvalue weighted by Crippen LogP contribution is -2.52. The normalized spacial score (nSPS) is 22.8. The Labute approximate surface area is 235 Å². The fraction of sp³-hybridized carbons (Fsp3) is 0.483. The van der Waals surface area contributed by atoms with E-state index in [1.807, 2.05) is 12.1 Å². The summed E-state index contributed by atoms with van der Waals surface area (Å²) >= 11 is 0. The van der Waals surface area contributed by atoms with E-state index in [0.717, 1.165) is 67.9 Å². The first-order valence-electron chi connectivity index (χ1n) is 14.3. The molecule has 3 aliphatic rings. The van der Waals surface area contributed by atoms with E-state index in [2.05, 4.69) is 20.1 Å². The van der Waals surface area contributed by atoms with Gasteiger partial charge in [-0.2, -0.15) is 4.98 Å². The topological polar surface area (TPSA) is 124 Å². The first-order chi connectivity index (χ1) is 20.0. The van der Waals surface area contributed by atoms with Crippen LogP contribution in [0.2, 0.25) is 0 Å². The first kappa shape index (κ1) is 26.2. The molecule has 7 rings (SSSR count). The number of ether oxygens (including phenoxy) is 1. The van der Waals surface area contributed by atoms with Gasteiger partial charge in [0.05, 0.1) is 12.0 Å². The van der Waals surface area contributed by atoms with Gasteiger partial charge in [0, 0.05) is 55.8 Å². The third-order valence-corrected chi connectivity index (χ3v) is 8.66. The molecule has 3 fully saturated rings. The summed E-state index contributed by atoms with van der Waals surface area (Å²) in [6, 6.07) is 9.39. The van der Waals surface area contributed by atoms with Crippen LogP contribution in [0, 0.1) is 5.82 Å². The zero-order chi connectivity index (χ0) is 28.1. The van der Waals surface area contributed by atoms with Gasteiger partial charge in [-0.25, -0.2) is 4.39 Å². The zero-order valence-corrected chi connectivity index (χ0v) is 23.0. The highest BCUT2D eigenvalue weighted by Gasteiger charge is 2.34. The van der Waals surface area contributed by atoms with Crippen molar-refractivity contribution in [2.75, 3.05) is 57.1 Å². The molecule has 0 aliphatic carbocycles. The van der Waals surface area contributed by atoms with E-state index in [0.29, 0.717) is 41.8 Å². The lowest BCUT2D eigenvalue weighted by molar-refractivity contribution is 0.0299. The quantitative estimate of drug-likeness (QED) is 0.330. The highest BCUT2D eigenvalue weighted by Crippen LogP contribution is 2.35. The fourth-order valence-corrected chi connectivity index (χ4v) is 6.63. The van der Waals surface area contributed by atoms with Crippen LogP contribution in [-0.4, -0.2) is 84.5 Å². The number of nitrogens with two attached hydrogens (primary N) is 1. The number of rotatable bonds is 8. The van der Waals surface area contributed by atoms with Crippen LogP contribution in [0.15, 0.2) is 39.5 Å². The summed E-state index contributed by atoms with van der Waals surface area (Å²) in [7, 11) is 1.70. The second-order valence-electron chi connectivity index (χ2n) is 11.3. The van der Waals surface area contributed by atoms with Crippen molar-refractivity contribution in [2.45, 2.75) is 43.8 Å². The van der Waals surface area contributed by atoms with Crippen LogP contribution >= 0.6 is 0 Å². The molecule has 2 aromatic heterocycles. The second kappa shape index (κ2) is 10.6. The van der Waals surface area contributed by atoms with Crippen molar-refractivity contribution in [3.63, 3.8) is 0 Å². The Morgan fingerprint density at radius 3 is 2.78 bits per heavy atom. The Bertz CT molecular complexity index is 1640. The molecule has 5 heterocycles. The van der Waals surface area contributed by atoms with Crippen LogP contribution in [0.5, 0.6) is 0 Å². The first-order valence-corrected chi connectivity index (χ1v) is 14.3. The Balaban J connectivity index is 1.30. The molecule has 216 valence electrons. The van der Waals surface area contributed by atoms with Gasteiger partial charge in [-0.15, -0.1) is 5.10 Å². The molecular formula is C29H34FN7O4. The molecule has 2 bridgehead atoms. The van der Waals surface area contributed by atoms with E-state index in [1.165, 1.54) is 6.07 Å². The van der Waals surface area contributed by atoms with Crippen molar-refractivity contribution in [2.24, 2.45) is 0 Å². The number of likely N-dealkylation sites (tertiary alicyclic amines) is 1. The number of hydrogen-bond acceptors (Lipinski definition) is 10. The molecular weight excluding hydrogens is 529 g/mol. The molecule has 3 aliphatic heterocycles. The standard InChI is InChI=1S/C29H34FN7O4/c1-39-12-11-35-10-2-3-20(35)16-40-37-28(38)23-13-17(21-8-9-24(30)25-26(21)41-29(31)33-25)4-7-22(23)27(34-37)36-14-18-5-6-19(15-36)32-18/h4,7-9,13,18-20,32H,2-3,5-6,10-12,14-16H2,1H3,(H2,31,33)/t18?,19?,20-/m0/s1. The number of hydrogen-bond donors (Lipinski definition) is 2. The summed E-state index contributed by atoms with van der Waals surface area (Å²) in [5.41, 5.74) is 6.98. The number of benzene rings is 2. The van der Waals surface area contributed by atoms with E-state index < -0.39 is 5.82 Å². The lowest BCUT2D eigenvalue weighted by atomic mass is 10.0. The molecule has 0 amide bonds. The summed E-state index contributed by atoms with van der Waals surface area (Å²) in [5, 5.41) is 9.65. The number of nitrogens with one attached hydrogen (secondary N) is 1. The van der Waals surface area contributed by atoms with Gasteiger partial charge in [-0.05, 0) is 62.1 Å². The summed E-state index contributed by atoms with van der Waals surface area (Å²) in [4.78, 5) is 29.8. The number of piperazine rings is 1. The van der Waals surface area contributed by atoms with Crippen molar-refractivity contribution in [3.05, 3.63) is 46.5 Å². The number of nitrogen functional groups attached to an aromatic ring is 1. The van der Waals surface area contributed by atoms with Gasteiger partial charge in [0.1, 0.15) is 12.1 Å². The molecule has 3 N–H and O–H groups in total. The lowest BCUT2D eigenvalue weighted by Gasteiger charge is -2.34. The van der Waals surface area contributed by atoms with Gasteiger partial charge < -0.3 is 29.9 Å². The maximum Gasteiger partial charge on any atom is 0.311 e. The fourth-order valence-electron chi connectivity index (χ4n) is 6.63. The van der Waals surface area contributed by atoms with Crippen LogP contribution in [-0.2, 0) is 4.74 Å². The maximum absolute atomic E-state index is 14.4. The van der Waals surface area contributed by atoms with Crippen molar-refractivity contribution in [1.29, 1.82) is 0 Å². The van der Waals surface area contributed by atoms with E-state index in [4.69, 9.17) is 24.8 Å². The van der Waals surface area contributed by atoms with Crippen LogP contribution in [0.3, 0.4) is 0 Å². The highest BCUT2D eigenvalue weighted by molar-refractivity contribution is 5.98. The number of aromatic nitrogens is 3. The van der Waals surface area contributed by atoms with Gasteiger partial charge in [0.25, 0.3) is 6.01 Å². The average Bonchev–Trinajstić information content (AvgIpc) is 3.69. The van der Waals surface area contributed by atoms with Crippen LogP contribution in [0.1, 0.15) is 25.7 Å². The molecule has 12 heteroatoms. The number of oxazole rings is 1. The molecule has 3 atom stereocenters. The SMILES string of the molecule is COCCN1CCC[C@H]1COn1nc(N2CC3CCC(C2)N3)c2ccc(-c3ccc(F)c4nc(N)oc34)cc2c1=O. The van der Waals surface area contributed by atoms with Gasteiger partial charge in [-0.1, -0.05) is 10.9 Å². The molecule has 3 saturated heterocycles. The minimum atomic E-state index is -0.521. The van der Waals surface area contributed by atoms with E-state index in [9.17, 15) is 9.18 Å². The van der Waals surface area contributed by atoms with Crippen molar-refractivity contribution in [3.8, 4) is 11.1 Å². The Hall–Kier alpha value is -3.74. The number of methoxy groups -OCH3 is 1. The number of fused-ring (bicyclic) bond motifs is 4. The molecule has 11 nitrogen and oxygen atoms in total. The van der Waals surface area contributed by atoms with E-state index in [1.54, 1.807) is 19.2 Å². The Morgan fingerprint density at radius 2 is 1.98 bits per heavy atom. The van der Waals surface area contributed by atoms with Crippen molar-refractivity contribution in [1.82, 2.24) is 25.1 Å². The van der Waals surface area contributed by atoms with Crippen molar-refractivity contribution < 1.29 is 18.4 Å². The minimum Gasteiger partial charge on any atom is -0.423 e. The summed E-state index contributed by atoms with van der Waals surface area (Å²) in [5.74, 6) is 0.201. The summed E-state index contributed by atoms with van der Waals surface area (Å²) in [6.07, 6.45) is 4.32. The van der Waals surface area contributed by atoms with Gasteiger partial charge in [0.2, 0.25) is 0 Å². The second-order valence-corrected chi connectivity index (χ2v) is 11.3. The molecule has 0 radical (unpaired) electrons. The van der Waals surface area contributed by atoms with Crippen LogP contribution < -0.4 is 26.3 Å². The van der Waals surface area contributed by atoms with Gasteiger partial charge in [0.15, 0.2) is 17.2 Å².